The van der Waals surface area contributed by atoms with Gasteiger partial charge in [0.2, 0.25) is 5.91 Å². The molecule has 0 aromatic heterocycles. The van der Waals surface area contributed by atoms with Gasteiger partial charge in [0.25, 0.3) is 10.0 Å². The van der Waals surface area contributed by atoms with E-state index in [2.05, 4.69) is 5.32 Å². The number of carbonyl (C=O) groups is 1. The summed E-state index contributed by atoms with van der Waals surface area (Å²) < 4.78 is 44.3. The zero-order valence-electron chi connectivity index (χ0n) is 20.7. The van der Waals surface area contributed by atoms with Crippen LogP contribution in [0.3, 0.4) is 0 Å². The first kappa shape index (κ1) is 27.2. The van der Waals surface area contributed by atoms with Crippen molar-refractivity contribution in [3.8, 4) is 17.2 Å². The van der Waals surface area contributed by atoms with Crippen molar-refractivity contribution in [1.82, 2.24) is 5.32 Å². The Morgan fingerprint density at radius 2 is 1.61 bits per heavy atom. The Kier molecular flexibility index (Phi) is 9.49. The lowest BCUT2D eigenvalue weighted by Gasteiger charge is -2.24. The van der Waals surface area contributed by atoms with Crippen LogP contribution in [0.15, 0.2) is 76.5 Å². The fourth-order valence-corrected chi connectivity index (χ4v) is 5.27. The van der Waals surface area contributed by atoms with E-state index in [-0.39, 0.29) is 11.4 Å². The van der Waals surface area contributed by atoms with Crippen LogP contribution in [0.25, 0.3) is 0 Å². The Labute approximate surface area is 216 Å². The fourth-order valence-electron chi connectivity index (χ4n) is 3.44. The van der Waals surface area contributed by atoms with E-state index in [1.165, 1.54) is 18.9 Å². The third kappa shape index (κ3) is 6.64. The van der Waals surface area contributed by atoms with Crippen LogP contribution in [0.1, 0.15) is 12.5 Å². The number of nitrogens with one attached hydrogen (secondary N) is 1. The number of thioether (sulfide) groups is 1. The maximum Gasteiger partial charge on any atom is 0.264 e. The van der Waals surface area contributed by atoms with Crippen molar-refractivity contribution in [2.75, 3.05) is 37.9 Å². The standard InChI is InChI=1S/C26H30N2O6S2/c1-5-34-21-9-7-20(8-10-21)28(36(30,31)23-13-11-22(35-4)12-14-23)18-26(29)27-17-19-6-15-24(32-2)25(16-19)33-3/h6-16H,5,17-18H2,1-4H3,(H,27,29). The minimum absolute atomic E-state index is 0.0990. The highest BCUT2D eigenvalue weighted by Crippen LogP contribution is 2.28. The average Bonchev–Trinajstić information content (AvgIpc) is 2.91. The van der Waals surface area contributed by atoms with Crippen molar-refractivity contribution in [3.05, 3.63) is 72.3 Å². The number of sulfonamides is 1. The van der Waals surface area contributed by atoms with E-state index in [1.807, 2.05) is 13.2 Å². The van der Waals surface area contributed by atoms with Gasteiger partial charge in [-0.05, 0) is 79.4 Å². The Morgan fingerprint density at radius 1 is 0.944 bits per heavy atom. The molecular formula is C26H30N2O6S2. The number of nitrogens with zero attached hydrogens (tertiary/aromatic N) is 1. The van der Waals surface area contributed by atoms with E-state index in [0.29, 0.717) is 29.5 Å². The molecule has 3 aromatic rings. The average molecular weight is 531 g/mol. The molecule has 0 atom stereocenters. The number of hydrogen-bond acceptors (Lipinski definition) is 7. The van der Waals surface area contributed by atoms with Gasteiger partial charge in [0, 0.05) is 11.4 Å². The van der Waals surface area contributed by atoms with Crippen molar-refractivity contribution in [2.45, 2.75) is 23.3 Å². The number of anilines is 1. The summed E-state index contributed by atoms with van der Waals surface area (Å²) in [6.07, 6.45) is 1.92. The first-order chi connectivity index (χ1) is 17.3. The first-order valence-electron chi connectivity index (χ1n) is 11.2. The van der Waals surface area contributed by atoms with Gasteiger partial charge in [-0.25, -0.2) is 8.42 Å². The van der Waals surface area contributed by atoms with E-state index in [4.69, 9.17) is 14.2 Å². The number of methoxy groups -OCH3 is 2. The number of carbonyl (C=O) groups excluding carboxylic acids is 1. The van der Waals surface area contributed by atoms with Gasteiger partial charge in [0.05, 0.1) is 31.4 Å². The Hall–Kier alpha value is -3.37. The van der Waals surface area contributed by atoms with Crippen molar-refractivity contribution >= 4 is 33.4 Å². The highest BCUT2D eigenvalue weighted by atomic mass is 32.2. The summed E-state index contributed by atoms with van der Waals surface area (Å²) >= 11 is 1.52. The summed E-state index contributed by atoms with van der Waals surface area (Å²) in [6, 6.07) is 18.5. The molecule has 0 unspecified atom stereocenters. The zero-order valence-corrected chi connectivity index (χ0v) is 22.3. The molecule has 0 aliphatic carbocycles. The molecule has 8 nitrogen and oxygen atoms in total. The molecular weight excluding hydrogens is 500 g/mol. The van der Waals surface area contributed by atoms with Crippen molar-refractivity contribution in [3.63, 3.8) is 0 Å². The molecule has 0 saturated carbocycles. The molecule has 0 radical (unpaired) electrons. The normalized spacial score (nSPS) is 11.0. The van der Waals surface area contributed by atoms with Crippen LogP contribution in [0.2, 0.25) is 0 Å². The smallest absolute Gasteiger partial charge is 0.264 e. The highest BCUT2D eigenvalue weighted by Gasteiger charge is 2.27. The van der Waals surface area contributed by atoms with E-state index in [9.17, 15) is 13.2 Å². The van der Waals surface area contributed by atoms with Crippen LogP contribution in [-0.2, 0) is 21.4 Å². The second-order valence-electron chi connectivity index (χ2n) is 7.58. The number of amides is 1. The van der Waals surface area contributed by atoms with Gasteiger partial charge < -0.3 is 19.5 Å². The largest absolute Gasteiger partial charge is 0.494 e. The molecule has 0 bridgehead atoms. The summed E-state index contributed by atoms with van der Waals surface area (Å²) in [6.45, 7) is 2.15. The van der Waals surface area contributed by atoms with Gasteiger partial charge in [0.1, 0.15) is 12.3 Å². The number of rotatable bonds is 12. The molecule has 0 heterocycles. The number of ether oxygens (including phenoxy) is 3. The van der Waals surface area contributed by atoms with Crippen LogP contribution in [0.4, 0.5) is 5.69 Å². The lowest BCUT2D eigenvalue weighted by Crippen LogP contribution is -2.40. The fraction of sp³-hybridized carbons (Fsp3) is 0.269. The van der Waals surface area contributed by atoms with Crippen LogP contribution in [0.5, 0.6) is 17.2 Å². The molecule has 3 rings (SSSR count). The topological polar surface area (TPSA) is 94.2 Å². The van der Waals surface area contributed by atoms with Gasteiger partial charge in [-0.3, -0.25) is 9.10 Å². The van der Waals surface area contributed by atoms with Crippen molar-refractivity contribution in [1.29, 1.82) is 0 Å². The first-order valence-corrected chi connectivity index (χ1v) is 13.9. The van der Waals surface area contributed by atoms with Gasteiger partial charge in [-0.2, -0.15) is 0 Å². The SMILES string of the molecule is CCOc1ccc(N(CC(=O)NCc2ccc(OC)c(OC)c2)S(=O)(=O)c2ccc(SC)cc2)cc1. The quantitative estimate of drug-likeness (QED) is 0.348. The molecule has 0 fully saturated rings. The molecule has 0 aliphatic heterocycles. The summed E-state index contributed by atoms with van der Waals surface area (Å²) in [7, 11) is -0.937. The minimum Gasteiger partial charge on any atom is -0.494 e. The summed E-state index contributed by atoms with van der Waals surface area (Å²) in [4.78, 5) is 14.0. The minimum atomic E-state index is -4.02. The maximum atomic E-state index is 13.6. The van der Waals surface area contributed by atoms with Crippen LogP contribution < -0.4 is 23.8 Å². The summed E-state index contributed by atoms with van der Waals surface area (Å²) in [5, 5.41) is 2.79. The highest BCUT2D eigenvalue weighted by molar-refractivity contribution is 7.98. The predicted octanol–water partition coefficient (Wildman–Crippen LogP) is 4.34. The zero-order chi connectivity index (χ0) is 26.1. The van der Waals surface area contributed by atoms with Crippen LogP contribution >= 0.6 is 11.8 Å². The molecule has 1 N–H and O–H groups in total. The lowest BCUT2D eigenvalue weighted by molar-refractivity contribution is -0.119. The molecule has 36 heavy (non-hydrogen) atoms. The van der Waals surface area contributed by atoms with E-state index in [0.717, 1.165) is 14.8 Å². The number of hydrogen-bond donors (Lipinski definition) is 1. The monoisotopic (exact) mass is 530 g/mol. The van der Waals surface area contributed by atoms with Crippen LogP contribution in [-0.4, -0.2) is 48.0 Å². The van der Waals surface area contributed by atoms with Crippen molar-refractivity contribution < 1.29 is 27.4 Å². The van der Waals surface area contributed by atoms with E-state index in [1.54, 1.807) is 73.8 Å². The Balaban J connectivity index is 1.84. The Morgan fingerprint density at radius 3 is 2.19 bits per heavy atom. The van der Waals surface area contributed by atoms with Gasteiger partial charge >= 0.3 is 0 Å². The summed E-state index contributed by atoms with van der Waals surface area (Å²) in [5.74, 6) is 1.27. The third-order valence-corrected chi connectivity index (χ3v) is 7.84. The maximum absolute atomic E-state index is 13.6. The molecule has 0 aliphatic rings. The van der Waals surface area contributed by atoms with E-state index >= 15 is 0 Å². The van der Waals surface area contributed by atoms with Crippen LogP contribution in [0, 0.1) is 0 Å². The van der Waals surface area contributed by atoms with Gasteiger partial charge in [-0.1, -0.05) is 6.07 Å². The van der Waals surface area contributed by atoms with Gasteiger partial charge in [-0.15, -0.1) is 11.8 Å². The molecule has 3 aromatic carbocycles. The third-order valence-electron chi connectivity index (χ3n) is 5.31. The molecule has 192 valence electrons. The predicted molar refractivity (Wildman–Crippen MR) is 142 cm³/mol. The summed E-state index contributed by atoms with van der Waals surface area (Å²) in [5.41, 5.74) is 1.14. The molecule has 0 saturated heterocycles. The molecule has 0 spiro atoms. The van der Waals surface area contributed by atoms with Crippen molar-refractivity contribution in [2.24, 2.45) is 0 Å². The lowest BCUT2D eigenvalue weighted by atomic mass is 10.2. The Bertz CT molecular complexity index is 1260. The van der Waals surface area contributed by atoms with E-state index < -0.39 is 22.5 Å². The number of benzene rings is 3. The molecule has 1 amide bonds. The second kappa shape index (κ2) is 12.5. The molecule has 10 heteroatoms. The second-order valence-corrected chi connectivity index (χ2v) is 10.3. The van der Waals surface area contributed by atoms with Gasteiger partial charge in [0.15, 0.2) is 11.5 Å².